The number of carbonyl (C=O) groups excluding carboxylic acids is 1. The first-order valence-corrected chi connectivity index (χ1v) is 11.4. The number of carboxylic acids is 1. The van der Waals surface area contributed by atoms with Crippen molar-refractivity contribution in [3.05, 3.63) is 22.3 Å². The van der Waals surface area contributed by atoms with Crippen LogP contribution in [0, 0.1) is 24.2 Å². The summed E-state index contributed by atoms with van der Waals surface area (Å²) in [7, 11) is 1.55. The van der Waals surface area contributed by atoms with Crippen LogP contribution in [-0.2, 0) is 22.6 Å². The van der Waals surface area contributed by atoms with Crippen molar-refractivity contribution in [2.24, 2.45) is 17.3 Å². The second-order valence-electron chi connectivity index (χ2n) is 10.7. The van der Waals surface area contributed by atoms with Crippen LogP contribution in [-0.4, -0.2) is 40.5 Å². The molecule has 1 aromatic carbocycles. The Kier molecular flexibility index (Phi) is 5.27. The summed E-state index contributed by atoms with van der Waals surface area (Å²) < 4.78 is 17.8. The third-order valence-electron chi connectivity index (χ3n) is 8.36. The lowest BCUT2D eigenvalue weighted by Gasteiger charge is -2.60. The van der Waals surface area contributed by atoms with E-state index in [4.69, 9.17) is 14.2 Å². The van der Waals surface area contributed by atoms with E-state index >= 15 is 0 Å². The van der Waals surface area contributed by atoms with E-state index in [1.807, 2.05) is 20.8 Å². The number of rotatable bonds is 5. The zero-order chi connectivity index (χ0) is 23.6. The molecule has 0 aromatic heterocycles. The molecule has 0 amide bonds. The Morgan fingerprint density at radius 3 is 2.56 bits per heavy atom. The normalized spacial score (nSPS) is 31.2. The van der Waals surface area contributed by atoms with Gasteiger partial charge in [0.05, 0.1) is 12.7 Å². The van der Waals surface area contributed by atoms with Crippen LogP contribution in [0.3, 0.4) is 0 Å². The highest BCUT2D eigenvalue weighted by Gasteiger charge is 2.60. The second-order valence-corrected chi connectivity index (χ2v) is 10.7. The lowest BCUT2D eigenvalue weighted by molar-refractivity contribution is -0.170. The molecular formula is C25H34O7. The molecule has 7 nitrogen and oxygen atoms in total. The molecule has 7 heteroatoms. The van der Waals surface area contributed by atoms with Gasteiger partial charge in [-0.25, -0.2) is 4.79 Å². The monoisotopic (exact) mass is 446 g/mol. The largest absolute Gasteiger partial charge is 0.495 e. The number of esters is 1. The highest BCUT2D eigenvalue weighted by atomic mass is 16.5. The molecule has 0 spiro atoms. The number of fused-ring (bicyclic) bond motifs is 3. The summed E-state index contributed by atoms with van der Waals surface area (Å²) in [4.78, 5) is 24.0. The molecular weight excluding hydrogens is 412 g/mol. The van der Waals surface area contributed by atoms with Crippen molar-refractivity contribution in [1.29, 1.82) is 0 Å². The van der Waals surface area contributed by atoms with Crippen molar-refractivity contribution < 1.29 is 34.0 Å². The lowest BCUT2D eigenvalue weighted by atomic mass is 9.49. The summed E-state index contributed by atoms with van der Waals surface area (Å²) in [6.07, 6.45) is 2.53. The minimum Gasteiger partial charge on any atom is -0.495 e. The first-order chi connectivity index (χ1) is 14.8. The van der Waals surface area contributed by atoms with Crippen LogP contribution in [0.25, 0.3) is 0 Å². The number of hydrogen-bond donors (Lipinski definition) is 2. The summed E-state index contributed by atoms with van der Waals surface area (Å²) in [6, 6.07) is 0. The Bertz CT molecular complexity index is 976. The van der Waals surface area contributed by atoms with Crippen LogP contribution < -0.4 is 9.47 Å². The molecule has 1 fully saturated rings. The van der Waals surface area contributed by atoms with E-state index in [-0.39, 0.29) is 30.8 Å². The zero-order valence-corrected chi connectivity index (χ0v) is 19.8. The maximum atomic E-state index is 12.5. The molecule has 4 atom stereocenters. The summed E-state index contributed by atoms with van der Waals surface area (Å²) in [6.45, 7) is 9.98. The van der Waals surface area contributed by atoms with Crippen LogP contribution in [0.4, 0.5) is 0 Å². The molecule has 176 valence electrons. The van der Waals surface area contributed by atoms with Gasteiger partial charge in [0.1, 0.15) is 29.3 Å². The molecule has 0 bridgehead atoms. The van der Waals surface area contributed by atoms with Gasteiger partial charge in [0, 0.05) is 23.5 Å². The maximum Gasteiger partial charge on any atom is 0.342 e. The Morgan fingerprint density at radius 1 is 1.28 bits per heavy atom. The van der Waals surface area contributed by atoms with Crippen molar-refractivity contribution in [3.63, 3.8) is 0 Å². The smallest absolute Gasteiger partial charge is 0.342 e. The van der Waals surface area contributed by atoms with E-state index in [1.165, 1.54) is 0 Å². The predicted molar refractivity (Wildman–Crippen MR) is 117 cm³/mol. The minimum absolute atomic E-state index is 0.0230. The third kappa shape index (κ3) is 3.28. The SMILES string of the molecule is COc1c2c(c(C)c3c1C(=O)OC3)O[C@@]1(C)CC[C@@H](C(C)(C)O)[C@@](C)(CCC(=O)O)[C@H]1C2. The Hall–Kier alpha value is -2.28. The molecule has 2 N–H and O–H groups in total. The average molecular weight is 447 g/mol. The van der Waals surface area contributed by atoms with Gasteiger partial charge in [-0.15, -0.1) is 0 Å². The van der Waals surface area contributed by atoms with Crippen LogP contribution in [0.5, 0.6) is 11.5 Å². The highest BCUT2D eigenvalue weighted by Crippen LogP contribution is 2.61. The maximum absolute atomic E-state index is 12.5. The third-order valence-corrected chi connectivity index (χ3v) is 8.36. The summed E-state index contributed by atoms with van der Waals surface area (Å²) in [5.41, 5.74) is 1.05. The molecule has 1 aromatic rings. The van der Waals surface area contributed by atoms with Crippen LogP contribution >= 0.6 is 0 Å². The van der Waals surface area contributed by atoms with E-state index in [2.05, 4.69) is 13.8 Å². The fourth-order valence-electron chi connectivity index (χ4n) is 6.87. The van der Waals surface area contributed by atoms with Crippen molar-refractivity contribution in [3.8, 4) is 11.5 Å². The molecule has 0 saturated heterocycles. The summed E-state index contributed by atoms with van der Waals surface area (Å²) >= 11 is 0. The van der Waals surface area contributed by atoms with Gasteiger partial charge >= 0.3 is 11.9 Å². The number of carboxylic acid groups (broad SMARTS) is 1. The zero-order valence-electron chi connectivity index (χ0n) is 19.8. The van der Waals surface area contributed by atoms with Crippen LogP contribution in [0.15, 0.2) is 0 Å². The number of aliphatic carboxylic acids is 1. The first-order valence-electron chi connectivity index (χ1n) is 11.4. The van der Waals surface area contributed by atoms with Gasteiger partial charge in [0.15, 0.2) is 0 Å². The molecule has 32 heavy (non-hydrogen) atoms. The number of methoxy groups -OCH3 is 1. The first kappa shape index (κ1) is 22.9. The van der Waals surface area contributed by atoms with Gasteiger partial charge in [-0.1, -0.05) is 6.92 Å². The Balaban J connectivity index is 1.88. The molecule has 2 heterocycles. The quantitative estimate of drug-likeness (QED) is 0.658. The van der Waals surface area contributed by atoms with Gasteiger partial charge in [-0.2, -0.15) is 0 Å². The molecule has 3 aliphatic rings. The topological polar surface area (TPSA) is 102 Å². The van der Waals surface area contributed by atoms with Gasteiger partial charge in [0.25, 0.3) is 0 Å². The molecule has 0 radical (unpaired) electrons. The Morgan fingerprint density at radius 2 is 1.97 bits per heavy atom. The fraction of sp³-hybridized carbons (Fsp3) is 0.680. The van der Waals surface area contributed by atoms with Gasteiger partial charge in [0.2, 0.25) is 0 Å². The Labute approximate surface area is 189 Å². The van der Waals surface area contributed by atoms with Crippen LogP contribution in [0.1, 0.15) is 80.4 Å². The lowest BCUT2D eigenvalue weighted by Crippen LogP contribution is -2.61. The molecule has 1 aliphatic carbocycles. The van der Waals surface area contributed by atoms with E-state index in [0.29, 0.717) is 24.2 Å². The van der Waals surface area contributed by atoms with Crippen molar-refractivity contribution in [1.82, 2.24) is 0 Å². The van der Waals surface area contributed by atoms with Crippen molar-refractivity contribution >= 4 is 11.9 Å². The predicted octanol–water partition coefficient (Wildman–Crippen LogP) is 4.04. The number of benzene rings is 1. The summed E-state index contributed by atoms with van der Waals surface area (Å²) in [5, 5.41) is 20.5. The summed E-state index contributed by atoms with van der Waals surface area (Å²) in [5.74, 6) is -0.141. The number of ether oxygens (including phenoxy) is 3. The fourth-order valence-corrected chi connectivity index (χ4v) is 6.87. The van der Waals surface area contributed by atoms with Crippen LogP contribution in [0.2, 0.25) is 0 Å². The van der Waals surface area contributed by atoms with Gasteiger partial charge in [-0.3, -0.25) is 4.79 Å². The standard InChI is InChI=1S/C25H34O7/c1-13-15-12-31-22(28)19(15)21(30-6)14-11-17-24(4,9-8-18(26)27)16(23(2,3)29)7-10-25(17,5)32-20(13)14/h16-17,29H,7-12H2,1-6H3,(H,26,27)/t16-,17+,24+,25-/m0/s1. The number of aliphatic hydroxyl groups is 1. The average Bonchev–Trinajstić information content (AvgIpc) is 3.07. The molecule has 1 saturated carbocycles. The van der Waals surface area contributed by atoms with Gasteiger partial charge < -0.3 is 24.4 Å². The number of carbonyl (C=O) groups is 2. The molecule has 0 unspecified atom stereocenters. The highest BCUT2D eigenvalue weighted by molar-refractivity contribution is 5.98. The number of cyclic esters (lactones) is 1. The van der Waals surface area contributed by atoms with E-state index in [0.717, 1.165) is 35.3 Å². The molecule has 4 rings (SSSR count). The number of hydrogen-bond acceptors (Lipinski definition) is 6. The van der Waals surface area contributed by atoms with E-state index in [1.54, 1.807) is 7.11 Å². The van der Waals surface area contributed by atoms with Crippen molar-refractivity contribution in [2.45, 2.75) is 84.5 Å². The second kappa shape index (κ2) is 7.37. The van der Waals surface area contributed by atoms with E-state index < -0.39 is 22.6 Å². The van der Waals surface area contributed by atoms with Crippen molar-refractivity contribution in [2.75, 3.05) is 7.11 Å². The molecule has 2 aliphatic heterocycles. The minimum atomic E-state index is -0.962. The van der Waals surface area contributed by atoms with Gasteiger partial charge in [-0.05, 0) is 70.3 Å². The van der Waals surface area contributed by atoms with E-state index in [9.17, 15) is 19.8 Å².